The molecule has 8 heteroatoms. The third-order valence-corrected chi connectivity index (χ3v) is 8.07. The molecule has 0 amide bonds. The number of nitrogens with zero attached hydrogens (tertiary/aromatic N) is 4. The minimum Gasteiger partial charge on any atom is -0.362 e. The standard InChI is InChI=1S/C35H26N4O3S/c1-43(40,41)42-33-23-25(19-22-37-33)31-18-17-29-30-24-36-21-20-32(30)39(34(29)38-31)35(26-11-5-2-6-12-26,27-13-7-3-8-14-27)28-15-9-4-10-16-28/h2-24H,1H3. The van der Waals surface area contributed by atoms with E-state index in [2.05, 4.69) is 87.3 Å². The Kier molecular flexibility index (Phi) is 6.48. The van der Waals surface area contributed by atoms with Gasteiger partial charge in [-0.2, -0.15) is 8.42 Å². The Morgan fingerprint density at radius 3 is 1.88 bits per heavy atom. The Morgan fingerprint density at radius 1 is 0.698 bits per heavy atom. The van der Waals surface area contributed by atoms with Gasteiger partial charge in [0.2, 0.25) is 5.88 Å². The Hall–Kier alpha value is -5.34. The highest BCUT2D eigenvalue weighted by molar-refractivity contribution is 7.86. The van der Waals surface area contributed by atoms with Crippen molar-refractivity contribution in [1.29, 1.82) is 0 Å². The van der Waals surface area contributed by atoms with Crippen LogP contribution in [0.15, 0.2) is 140 Å². The van der Waals surface area contributed by atoms with Gasteiger partial charge in [-0.3, -0.25) is 4.98 Å². The summed E-state index contributed by atoms with van der Waals surface area (Å²) in [5.74, 6) is -0.0150. The fraction of sp³-hybridized carbons (Fsp3) is 0.0571. The zero-order valence-electron chi connectivity index (χ0n) is 23.2. The predicted octanol–water partition coefficient (Wildman–Crippen LogP) is 6.83. The normalized spacial score (nSPS) is 12.0. The van der Waals surface area contributed by atoms with Gasteiger partial charge in [-0.15, -0.1) is 0 Å². The Morgan fingerprint density at radius 2 is 1.30 bits per heavy atom. The van der Waals surface area contributed by atoms with Crippen molar-refractivity contribution >= 4 is 32.1 Å². The third kappa shape index (κ3) is 4.62. The van der Waals surface area contributed by atoms with Crippen LogP contribution in [0, 0.1) is 0 Å². The number of fused-ring (bicyclic) bond motifs is 3. The van der Waals surface area contributed by atoms with Crippen LogP contribution in [0.3, 0.4) is 0 Å². The number of benzene rings is 3. The molecule has 210 valence electrons. The van der Waals surface area contributed by atoms with Gasteiger partial charge >= 0.3 is 10.1 Å². The predicted molar refractivity (Wildman–Crippen MR) is 168 cm³/mol. The number of rotatable bonds is 7. The summed E-state index contributed by atoms with van der Waals surface area (Å²) in [5, 5.41) is 1.92. The van der Waals surface area contributed by atoms with Crippen LogP contribution in [0.5, 0.6) is 5.88 Å². The van der Waals surface area contributed by atoms with Crippen LogP contribution in [0.2, 0.25) is 0 Å². The fourth-order valence-corrected chi connectivity index (χ4v) is 6.33. The van der Waals surface area contributed by atoms with Gasteiger partial charge in [0.1, 0.15) is 11.2 Å². The summed E-state index contributed by atoms with van der Waals surface area (Å²) in [4.78, 5) is 13.8. The van der Waals surface area contributed by atoms with Crippen molar-refractivity contribution in [3.63, 3.8) is 0 Å². The van der Waals surface area contributed by atoms with Crippen LogP contribution >= 0.6 is 0 Å². The minimum absolute atomic E-state index is 0.0150. The zero-order valence-corrected chi connectivity index (χ0v) is 24.0. The highest BCUT2D eigenvalue weighted by Crippen LogP contribution is 2.46. The monoisotopic (exact) mass is 582 g/mol. The first kappa shape index (κ1) is 26.6. The lowest BCUT2D eigenvalue weighted by molar-refractivity contribution is 0.483. The molecule has 43 heavy (non-hydrogen) atoms. The van der Waals surface area contributed by atoms with Crippen LogP contribution in [0.1, 0.15) is 16.7 Å². The number of pyridine rings is 3. The molecule has 0 N–H and O–H groups in total. The van der Waals surface area contributed by atoms with E-state index in [-0.39, 0.29) is 5.88 Å². The van der Waals surface area contributed by atoms with Crippen molar-refractivity contribution in [1.82, 2.24) is 19.5 Å². The maximum atomic E-state index is 11.8. The topological polar surface area (TPSA) is 87.0 Å². The van der Waals surface area contributed by atoms with E-state index in [4.69, 9.17) is 9.17 Å². The molecule has 0 bridgehead atoms. The number of aromatic nitrogens is 4. The molecule has 0 aliphatic carbocycles. The fourth-order valence-electron chi connectivity index (χ4n) is 5.93. The van der Waals surface area contributed by atoms with E-state index in [0.29, 0.717) is 11.3 Å². The summed E-state index contributed by atoms with van der Waals surface area (Å²) in [6, 6.07) is 40.7. The first-order chi connectivity index (χ1) is 20.9. The van der Waals surface area contributed by atoms with Crippen molar-refractivity contribution in [2.75, 3.05) is 6.26 Å². The van der Waals surface area contributed by atoms with Gasteiger partial charge in [0.25, 0.3) is 0 Å². The summed E-state index contributed by atoms with van der Waals surface area (Å²) >= 11 is 0. The van der Waals surface area contributed by atoms with E-state index in [1.54, 1.807) is 12.1 Å². The summed E-state index contributed by atoms with van der Waals surface area (Å²) in [5.41, 5.74) is 5.46. The average Bonchev–Trinajstić information content (AvgIpc) is 3.36. The molecular formula is C35H26N4O3S. The quantitative estimate of drug-likeness (QED) is 0.151. The molecule has 7 rings (SSSR count). The summed E-state index contributed by atoms with van der Waals surface area (Å²) in [7, 11) is -3.74. The van der Waals surface area contributed by atoms with Crippen molar-refractivity contribution in [2.45, 2.75) is 5.54 Å². The molecular weight excluding hydrogens is 556 g/mol. The lowest BCUT2D eigenvalue weighted by atomic mass is 9.76. The molecule has 0 atom stereocenters. The van der Waals surface area contributed by atoms with Crippen LogP contribution in [0.4, 0.5) is 0 Å². The van der Waals surface area contributed by atoms with Gasteiger partial charge in [0.15, 0.2) is 0 Å². The molecule has 3 aromatic carbocycles. The minimum atomic E-state index is -3.74. The van der Waals surface area contributed by atoms with Crippen LogP contribution in [-0.2, 0) is 15.7 Å². The lowest BCUT2D eigenvalue weighted by Crippen LogP contribution is -2.37. The number of hydrogen-bond donors (Lipinski definition) is 0. The van der Waals surface area contributed by atoms with Gasteiger partial charge < -0.3 is 8.75 Å². The van der Waals surface area contributed by atoms with Gasteiger partial charge in [-0.25, -0.2) is 9.97 Å². The van der Waals surface area contributed by atoms with Crippen molar-refractivity contribution in [3.05, 3.63) is 157 Å². The molecule has 0 spiro atoms. The average molecular weight is 583 g/mol. The van der Waals surface area contributed by atoms with Crippen LogP contribution in [-0.4, -0.2) is 34.2 Å². The molecule has 7 nitrogen and oxygen atoms in total. The van der Waals surface area contributed by atoms with Gasteiger partial charge in [-0.1, -0.05) is 91.0 Å². The Labute approximate surface area is 249 Å². The molecule has 0 aliphatic rings. The maximum absolute atomic E-state index is 11.8. The highest BCUT2D eigenvalue weighted by atomic mass is 32.2. The maximum Gasteiger partial charge on any atom is 0.307 e. The molecule has 0 aliphatic heterocycles. The molecule has 0 saturated heterocycles. The molecule has 0 unspecified atom stereocenters. The first-order valence-corrected chi connectivity index (χ1v) is 15.5. The van der Waals surface area contributed by atoms with E-state index in [0.717, 1.165) is 44.9 Å². The summed E-state index contributed by atoms with van der Waals surface area (Å²) in [6.45, 7) is 0. The third-order valence-electron chi connectivity index (χ3n) is 7.59. The van der Waals surface area contributed by atoms with Gasteiger partial charge in [0, 0.05) is 41.0 Å². The zero-order chi connectivity index (χ0) is 29.4. The van der Waals surface area contributed by atoms with E-state index in [1.807, 2.05) is 48.8 Å². The Balaban J connectivity index is 1.61. The SMILES string of the molecule is CS(=O)(=O)Oc1cc(-c2ccc3c4cnccc4n(C(c4ccccc4)(c4ccccc4)c4ccccc4)c3n2)ccn1. The molecule has 0 saturated carbocycles. The summed E-state index contributed by atoms with van der Waals surface area (Å²) < 4.78 is 31.0. The Bertz CT molecular complexity index is 2090. The summed E-state index contributed by atoms with van der Waals surface area (Å²) in [6.07, 6.45) is 6.20. The molecule has 4 heterocycles. The second-order valence-electron chi connectivity index (χ2n) is 10.3. The number of hydrogen-bond acceptors (Lipinski definition) is 6. The van der Waals surface area contributed by atoms with Crippen LogP contribution in [0.25, 0.3) is 33.2 Å². The van der Waals surface area contributed by atoms with E-state index >= 15 is 0 Å². The largest absolute Gasteiger partial charge is 0.362 e. The van der Waals surface area contributed by atoms with Gasteiger partial charge in [0.05, 0.1) is 17.5 Å². The first-order valence-electron chi connectivity index (χ1n) is 13.7. The molecule has 0 fully saturated rings. The molecule has 0 radical (unpaired) electrons. The van der Waals surface area contributed by atoms with Crippen molar-refractivity contribution < 1.29 is 12.6 Å². The van der Waals surface area contributed by atoms with E-state index < -0.39 is 15.7 Å². The smallest absolute Gasteiger partial charge is 0.307 e. The van der Waals surface area contributed by atoms with E-state index in [9.17, 15) is 8.42 Å². The lowest BCUT2D eigenvalue weighted by Gasteiger charge is -2.38. The molecule has 4 aromatic heterocycles. The van der Waals surface area contributed by atoms with Crippen LogP contribution < -0.4 is 4.18 Å². The second-order valence-corrected chi connectivity index (χ2v) is 11.8. The van der Waals surface area contributed by atoms with E-state index in [1.165, 1.54) is 6.20 Å². The van der Waals surface area contributed by atoms with Crippen molar-refractivity contribution in [3.8, 4) is 17.1 Å². The molecule has 7 aromatic rings. The second kappa shape index (κ2) is 10.5. The highest BCUT2D eigenvalue weighted by Gasteiger charge is 2.41. The van der Waals surface area contributed by atoms with Crippen molar-refractivity contribution in [2.24, 2.45) is 0 Å². The van der Waals surface area contributed by atoms with Gasteiger partial charge in [-0.05, 0) is 41.0 Å².